The van der Waals surface area contributed by atoms with Crippen LogP contribution in [0.3, 0.4) is 0 Å². The molecule has 0 N–H and O–H groups in total. The molecule has 0 heterocycles. The second kappa shape index (κ2) is 17.0. The fourth-order valence-corrected chi connectivity index (χ4v) is 0. The molecule has 0 radical (unpaired) electrons. The van der Waals surface area contributed by atoms with Gasteiger partial charge in [0.25, 0.3) is 0 Å². The molecule has 0 saturated carbocycles. The van der Waals surface area contributed by atoms with Gasteiger partial charge in [0.1, 0.15) is 0 Å². The molecule has 32 valence electrons. The Hall–Kier alpha value is 2.83. The van der Waals surface area contributed by atoms with Gasteiger partial charge in [-0.25, -0.2) is 0 Å². The van der Waals surface area contributed by atoms with Crippen molar-refractivity contribution in [3.63, 3.8) is 0 Å². The first kappa shape index (κ1) is 29.0. The average molecular weight is 571 g/mol. The predicted octanol–water partition coefficient (Wildman–Crippen LogP) is -8.99. The molecule has 0 aliphatic rings. The molecule has 0 amide bonds. The van der Waals surface area contributed by atoms with Gasteiger partial charge in [0.15, 0.2) is 0 Å². The zero-order valence-corrected chi connectivity index (χ0v) is 10.5. The maximum Gasteiger partial charge on any atom is 0 e. The van der Waals surface area contributed by atoms with Crippen LogP contribution in [0.25, 0.3) is 0 Å². The zero-order valence-electron chi connectivity index (χ0n) is 1.49. The summed E-state index contributed by atoms with van der Waals surface area (Å²) in [6.45, 7) is 0. The van der Waals surface area contributed by atoms with E-state index in [4.69, 9.17) is 0 Å². The summed E-state index contributed by atoms with van der Waals surface area (Å²) < 4.78 is 0. The topological polar surface area (TPSA) is 0 Å². The largest absolute Gasteiger partial charge is 1.00 e. The summed E-state index contributed by atoms with van der Waals surface area (Å²) in [5.74, 6) is 0. The fourth-order valence-electron chi connectivity index (χ4n) is 0. The molecule has 0 aliphatic heterocycles. The fraction of sp³-hybridized carbons (Fsp3) is 0. The van der Waals surface area contributed by atoms with Crippen molar-refractivity contribution in [1.82, 2.24) is 0 Å². The van der Waals surface area contributed by atoms with Gasteiger partial charge in [-0.15, -0.1) is 0 Å². The minimum absolute atomic E-state index is 0. The van der Waals surface area contributed by atoms with E-state index in [0.717, 1.165) is 0 Å². The summed E-state index contributed by atoms with van der Waals surface area (Å²) in [7, 11) is 0. The van der Waals surface area contributed by atoms with Crippen LogP contribution in [-0.2, 0) is 19.8 Å². The summed E-state index contributed by atoms with van der Waals surface area (Å²) in [5.41, 5.74) is 0. The van der Waals surface area contributed by atoms with E-state index in [1.165, 1.54) is 0 Å². The third kappa shape index (κ3) is 8.85. The third-order valence-corrected chi connectivity index (χ3v) is 0. The number of hydrogen-bond acceptors (Lipinski definition) is 0. The first-order valence-electron chi connectivity index (χ1n) is 0. The van der Waals surface area contributed by atoms with Gasteiger partial charge in [-0.1, -0.05) is 0 Å². The molecule has 0 saturated heterocycles. The third-order valence-electron chi connectivity index (χ3n) is 0. The second-order valence-corrected chi connectivity index (χ2v) is 0. The molecule has 0 unspecified atom stereocenters. The molecule has 0 aliphatic carbocycles. The first-order valence-corrected chi connectivity index (χ1v) is 0. The van der Waals surface area contributed by atoms with Crippen molar-refractivity contribution in [2.75, 3.05) is 0 Å². The van der Waals surface area contributed by atoms with Gasteiger partial charge in [0, 0.05) is 19.8 Å². The molecule has 0 bridgehead atoms. The van der Waals surface area contributed by atoms with Crippen molar-refractivity contribution in [2.24, 2.45) is 0 Å². The molecule has 4 heavy (non-hydrogen) atoms. The first-order chi connectivity index (χ1) is 0. The van der Waals surface area contributed by atoms with Crippen molar-refractivity contribution in [3.8, 4) is 0 Å². The van der Waals surface area contributed by atoms with Crippen LogP contribution in [0.4, 0.5) is 0 Å². The van der Waals surface area contributed by atoms with Gasteiger partial charge >= 0.3 is 0 Å². The Bertz CT molecular complexity index is 3.25. The predicted molar refractivity (Wildman–Crippen MR) is 0 cm³/mol. The van der Waals surface area contributed by atoms with Crippen LogP contribution < -0.4 is 71.9 Å². The van der Waals surface area contributed by atoms with Crippen molar-refractivity contribution in [1.29, 1.82) is 0 Å². The van der Waals surface area contributed by atoms with Gasteiger partial charge in [0.05, 0.1) is 0 Å². The van der Waals surface area contributed by atoms with Crippen LogP contribution >= 0.6 is 0 Å². The average Bonchev–Trinajstić information content (AvgIpc) is 0. The normalized spacial score (nSPS) is 0. The smallest absolute Gasteiger partial charge is 0 e. The standard InChI is InChI=1S/3HI.Os/h3*1H;/p-3. The molecule has 0 nitrogen and oxygen atoms in total. The van der Waals surface area contributed by atoms with Gasteiger partial charge in [0.2, 0.25) is 0 Å². The van der Waals surface area contributed by atoms with Crippen molar-refractivity contribution in [2.45, 2.75) is 0 Å². The summed E-state index contributed by atoms with van der Waals surface area (Å²) in [4.78, 5) is 0. The van der Waals surface area contributed by atoms with E-state index in [1.54, 1.807) is 0 Å². The minimum Gasteiger partial charge on any atom is -1.00 e. The number of halogens is 3. The van der Waals surface area contributed by atoms with E-state index < -0.39 is 0 Å². The van der Waals surface area contributed by atoms with Crippen LogP contribution in [0.2, 0.25) is 0 Å². The van der Waals surface area contributed by atoms with E-state index in [1.807, 2.05) is 0 Å². The molecule has 0 atom stereocenters. The van der Waals surface area contributed by atoms with E-state index in [-0.39, 0.29) is 91.7 Å². The molecule has 0 spiro atoms. The maximum atomic E-state index is 0. The number of rotatable bonds is 0. The molecule has 0 fully saturated rings. The Morgan fingerprint density at radius 2 is 0.500 bits per heavy atom. The Balaban J connectivity index is 0. The Kier molecular flexibility index (Phi) is 123. The maximum absolute atomic E-state index is 0. The molecule has 0 aromatic rings. The van der Waals surface area contributed by atoms with Crippen molar-refractivity contribution < 1.29 is 91.7 Å². The van der Waals surface area contributed by atoms with Crippen molar-refractivity contribution in [3.05, 3.63) is 0 Å². The minimum atomic E-state index is 0. The monoisotopic (exact) mass is 573 g/mol. The van der Waals surface area contributed by atoms with Crippen LogP contribution in [0.1, 0.15) is 0 Å². The van der Waals surface area contributed by atoms with E-state index >= 15 is 0 Å². The molecular formula is I3Os-3. The summed E-state index contributed by atoms with van der Waals surface area (Å²) in [6.07, 6.45) is 0. The molecule has 4 heteroatoms. The quantitative estimate of drug-likeness (QED) is 0.254. The van der Waals surface area contributed by atoms with Crippen LogP contribution in [-0.4, -0.2) is 0 Å². The molecular weight excluding hydrogens is 571 g/mol. The molecule has 0 aromatic heterocycles. The van der Waals surface area contributed by atoms with Gasteiger partial charge < -0.3 is 71.9 Å². The van der Waals surface area contributed by atoms with Gasteiger partial charge in [-0.05, 0) is 0 Å². The van der Waals surface area contributed by atoms with Crippen LogP contribution in [0.5, 0.6) is 0 Å². The van der Waals surface area contributed by atoms with Gasteiger partial charge in [-0.2, -0.15) is 0 Å². The number of hydrogen-bond donors (Lipinski definition) is 0. The Morgan fingerprint density at radius 1 is 0.500 bits per heavy atom. The molecule has 0 rings (SSSR count). The van der Waals surface area contributed by atoms with Crippen molar-refractivity contribution >= 4 is 0 Å². The summed E-state index contributed by atoms with van der Waals surface area (Å²) >= 11 is 0. The Labute approximate surface area is 90.0 Å². The van der Waals surface area contributed by atoms with Crippen LogP contribution in [0.15, 0.2) is 0 Å². The van der Waals surface area contributed by atoms with Crippen LogP contribution in [0, 0.1) is 0 Å². The molecule has 0 aromatic carbocycles. The van der Waals surface area contributed by atoms with E-state index in [0.29, 0.717) is 0 Å². The van der Waals surface area contributed by atoms with Gasteiger partial charge in [-0.3, -0.25) is 0 Å². The second-order valence-electron chi connectivity index (χ2n) is 0. The summed E-state index contributed by atoms with van der Waals surface area (Å²) in [6, 6.07) is 0. The Morgan fingerprint density at radius 3 is 0.500 bits per heavy atom. The zero-order chi connectivity index (χ0) is 0. The summed E-state index contributed by atoms with van der Waals surface area (Å²) in [5, 5.41) is 0. The van der Waals surface area contributed by atoms with E-state index in [2.05, 4.69) is 0 Å². The SMILES string of the molecule is [I-].[I-].[I-].[Os]. The van der Waals surface area contributed by atoms with E-state index in [9.17, 15) is 0 Å².